The van der Waals surface area contributed by atoms with Crippen LogP contribution in [0.1, 0.15) is 28.6 Å². The Kier molecular flexibility index (Phi) is 4.16. The molecule has 0 fully saturated rings. The molecule has 0 saturated heterocycles. The molecule has 2 aromatic rings. The zero-order valence-electron chi connectivity index (χ0n) is 10.5. The summed E-state index contributed by atoms with van der Waals surface area (Å²) in [6, 6.07) is 9.81. The predicted molar refractivity (Wildman–Crippen MR) is 71.4 cm³/mol. The highest BCUT2D eigenvalue weighted by atomic mass is 35.5. The standard InChI is InChI=1S/C14H9ClF3N3/c15-10-5-6-11(21-13(10)14(16,17)18)12(20)9-3-1-8(7-19)2-4-9/h1-6,12H,20H2. The lowest BCUT2D eigenvalue weighted by Crippen LogP contribution is -2.17. The Morgan fingerprint density at radius 2 is 1.76 bits per heavy atom. The van der Waals surface area contributed by atoms with Crippen molar-refractivity contribution in [2.75, 3.05) is 0 Å². The van der Waals surface area contributed by atoms with Crippen LogP contribution >= 0.6 is 11.6 Å². The Labute approximate surface area is 123 Å². The minimum Gasteiger partial charge on any atom is -0.319 e. The molecule has 1 atom stereocenters. The van der Waals surface area contributed by atoms with Crippen molar-refractivity contribution in [2.45, 2.75) is 12.2 Å². The van der Waals surface area contributed by atoms with E-state index >= 15 is 0 Å². The summed E-state index contributed by atoms with van der Waals surface area (Å²) in [4.78, 5) is 3.52. The molecule has 0 saturated carbocycles. The van der Waals surface area contributed by atoms with Gasteiger partial charge in [0.25, 0.3) is 0 Å². The number of hydrogen-bond donors (Lipinski definition) is 1. The van der Waals surface area contributed by atoms with Crippen LogP contribution in [0.25, 0.3) is 0 Å². The lowest BCUT2D eigenvalue weighted by Gasteiger charge is -2.15. The number of rotatable bonds is 2. The summed E-state index contributed by atoms with van der Waals surface area (Å²) in [6.45, 7) is 0. The van der Waals surface area contributed by atoms with Gasteiger partial charge in [0.1, 0.15) is 0 Å². The average Bonchev–Trinajstić information content (AvgIpc) is 2.46. The zero-order chi connectivity index (χ0) is 15.6. The zero-order valence-corrected chi connectivity index (χ0v) is 11.3. The fraction of sp³-hybridized carbons (Fsp3) is 0.143. The van der Waals surface area contributed by atoms with Crippen molar-refractivity contribution in [3.05, 3.63) is 63.9 Å². The molecular formula is C14H9ClF3N3. The van der Waals surface area contributed by atoms with E-state index in [1.165, 1.54) is 18.2 Å². The quantitative estimate of drug-likeness (QED) is 0.920. The van der Waals surface area contributed by atoms with E-state index in [1.807, 2.05) is 6.07 Å². The van der Waals surface area contributed by atoms with Crippen molar-refractivity contribution >= 4 is 11.6 Å². The van der Waals surface area contributed by atoms with Crippen molar-refractivity contribution in [3.8, 4) is 6.07 Å². The third-order valence-electron chi connectivity index (χ3n) is 2.85. The van der Waals surface area contributed by atoms with Gasteiger partial charge in [0.2, 0.25) is 0 Å². The van der Waals surface area contributed by atoms with Gasteiger partial charge in [-0.2, -0.15) is 18.4 Å². The summed E-state index contributed by atoms with van der Waals surface area (Å²) in [7, 11) is 0. The van der Waals surface area contributed by atoms with Crippen molar-refractivity contribution in [1.82, 2.24) is 4.98 Å². The van der Waals surface area contributed by atoms with Crippen LogP contribution in [0, 0.1) is 11.3 Å². The number of pyridine rings is 1. The van der Waals surface area contributed by atoms with E-state index in [4.69, 9.17) is 22.6 Å². The van der Waals surface area contributed by atoms with Gasteiger partial charge in [-0.3, -0.25) is 0 Å². The second-order valence-corrected chi connectivity index (χ2v) is 4.68. The molecule has 1 heterocycles. The molecule has 0 bridgehead atoms. The van der Waals surface area contributed by atoms with Crippen LogP contribution in [0.2, 0.25) is 5.02 Å². The molecule has 0 aliphatic rings. The summed E-state index contributed by atoms with van der Waals surface area (Å²) in [5, 5.41) is 8.23. The first-order valence-corrected chi connectivity index (χ1v) is 6.20. The first-order valence-electron chi connectivity index (χ1n) is 5.82. The molecule has 2 N–H and O–H groups in total. The van der Waals surface area contributed by atoms with Crippen molar-refractivity contribution < 1.29 is 13.2 Å². The summed E-state index contributed by atoms with van der Waals surface area (Å²) in [6.07, 6.45) is -4.64. The molecule has 108 valence electrons. The van der Waals surface area contributed by atoms with Gasteiger partial charge in [-0.05, 0) is 29.8 Å². The molecule has 2 rings (SSSR count). The van der Waals surface area contributed by atoms with E-state index in [-0.39, 0.29) is 5.69 Å². The third-order valence-corrected chi connectivity index (χ3v) is 3.16. The van der Waals surface area contributed by atoms with E-state index in [9.17, 15) is 13.2 Å². The molecule has 0 aliphatic carbocycles. The Bertz CT molecular complexity index is 690. The first-order chi connectivity index (χ1) is 9.82. The topological polar surface area (TPSA) is 62.7 Å². The molecule has 1 unspecified atom stereocenters. The molecule has 1 aromatic heterocycles. The molecule has 0 radical (unpaired) electrons. The van der Waals surface area contributed by atoms with Gasteiger partial charge < -0.3 is 5.73 Å². The van der Waals surface area contributed by atoms with Crippen LogP contribution in [0.15, 0.2) is 36.4 Å². The monoisotopic (exact) mass is 311 g/mol. The average molecular weight is 312 g/mol. The second-order valence-electron chi connectivity index (χ2n) is 4.28. The minimum absolute atomic E-state index is 0.0523. The number of nitriles is 1. The number of nitrogens with two attached hydrogens (primary N) is 1. The maximum Gasteiger partial charge on any atom is 0.434 e. The highest BCUT2D eigenvalue weighted by molar-refractivity contribution is 6.31. The van der Waals surface area contributed by atoms with Crippen LogP contribution < -0.4 is 5.73 Å². The van der Waals surface area contributed by atoms with Crippen LogP contribution in [0.5, 0.6) is 0 Å². The van der Waals surface area contributed by atoms with Crippen molar-refractivity contribution in [2.24, 2.45) is 5.73 Å². The molecule has 1 aromatic carbocycles. The summed E-state index contributed by atoms with van der Waals surface area (Å²) in [5.74, 6) is 0. The molecule has 3 nitrogen and oxygen atoms in total. The van der Waals surface area contributed by atoms with Gasteiger partial charge in [0.15, 0.2) is 5.69 Å². The number of hydrogen-bond acceptors (Lipinski definition) is 3. The number of aromatic nitrogens is 1. The Hall–Kier alpha value is -2.10. The molecule has 0 aliphatic heterocycles. The maximum absolute atomic E-state index is 12.8. The van der Waals surface area contributed by atoms with Crippen molar-refractivity contribution in [1.29, 1.82) is 5.26 Å². The Morgan fingerprint density at radius 1 is 1.14 bits per heavy atom. The highest BCUT2D eigenvalue weighted by Gasteiger charge is 2.35. The van der Waals surface area contributed by atoms with Gasteiger partial charge in [0, 0.05) is 0 Å². The van der Waals surface area contributed by atoms with Gasteiger partial charge >= 0.3 is 6.18 Å². The van der Waals surface area contributed by atoms with Crippen LogP contribution in [0.3, 0.4) is 0 Å². The maximum atomic E-state index is 12.8. The summed E-state index contributed by atoms with van der Waals surface area (Å²) >= 11 is 5.51. The number of nitrogens with zero attached hydrogens (tertiary/aromatic N) is 2. The number of benzene rings is 1. The smallest absolute Gasteiger partial charge is 0.319 e. The highest BCUT2D eigenvalue weighted by Crippen LogP contribution is 2.34. The number of alkyl halides is 3. The van der Waals surface area contributed by atoms with E-state index in [2.05, 4.69) is 4.98 Å². The lowest BCUT2D eigenvalue weighted by atomic mass is 10.0. The van der Waals surface area contributed by atoms with E-state index < -0.39 is 22.9 Å². The summed E-state index contributed by atoms with van der Waals surface area (Å²) in [5.41, 5.74) is 5.79. The van der Waals surface area contributed by atoms with Crippen LogP contribution in [-0.2, 0) is 6.18 Å². The molecule has 7 heteroatoms. The van der Waals surface area contributed by atoms with Crippen LogP contribution in [-0.4, -0.2) is 4.98 Å². The first kappa shape index (κ1) is 15.3. The van der Waals surface area contributed by atoms with Gasteiger partial charge in [0.05, 0.1) is 28.4 Å². The molecular weight excluding hydrogens is 303 g/mol. The van der Waals surface area contributed by atoms with Gasteiger partial charge in [-0.25, -0.2) is 4.98 Å². The van der Waals surface area contributed by atoms with Crippen LogP contribution in [0.4, 0.5) is 13.2 Å². The van der Waals surface area contributed by atoms with E-state index in [1.54, 1.807) is 12.1 Å². The van der Waals surface area contributed by atoms with Gasteiger partial charge in [-0.1, -0.05) is 23.7 Å². The molecule has 0 spiro atoms. The predicted octanol–water partition coefficient (Wildman–Crippen LogP) is 3.67. The van der Waals surface area contributed by atoms with E-state index in [0.717, 1.165) is 6.07 Å². The third kappa shape index (κ3) is 3.32. The lowest BCUT2D eigenvalue weighted by molar-refractivity contribution is -0.141. The fourth-order valence-corrected chi connectivity index (χ4v) is 1.98. The molecule has 21 heavy (non-hydrogen) atoms. The Morgan fingerprint density at radius 3 is 2.29 bits per heavy atom. The minimum atomic E-state index is -4.64. The fourth-order valence-electron chi connectivity index (χ4n) is 1.77. The summed E-state index contributed by atoms with van der Waals surface area (Å²) < 4.78 is 38.3. The number of halogens is 4. The van der Waals surface area contributed by atoms with Gasteiger partial charge in [-0.15, -0.1) is 0 Å². The van der Waals surface area contributed by atoms with E-state index in [0.29, 0.717) is 11.1 Å². The largest absolute Gasteiger partial charge is 0.434 e. The molecule has 0 amide bonds. The SMILES string of the molecule is N#Cc1ccc(C(N)c2ccc(Cl)c(C(F)(F)F)n2)cc1. The second kappa shape index (κ2) is 5.72. The Balaban J connectivity index is 2.39. The normalized spacial score (nSPS) is 12.8. The van der Waals surface area contributed by atoms with Crippen molar-refractivity contribution in [3.63, 3.8) is 0 Å².